The molecule has 5 heteroatoms. The van der Waals surface area contributed by atoms with Gasteiger partial charge >= 0.3 is 0 Å². The highest BCUT2D eigenvalue weighted by Crippen LogP contribution is 2.31. The van der Waals surface area contributed by atoms with Crippen molar-refractivity contribution in [3.05, 3.63) is 53.4 Å². The smallest absolute Gasteiger partial charge is 0.292 e. The Balaban J connectivity index is 1.81. The predicted molar refractivity (Wildman–Crippen MR) is 85.8 cm³/mol. The second-order valence-corrected chi connectivity index (χ2v) is 6.41. The Morgan fingerprint density at radius 3 is 2.61 bits per heavy atom. The average molecular weight is 314 g/mol. The van der Waals surface area contributed by atoms with Crippen LogP contribution >= 0.6 is 0 Å². The molecule has 0 aliphatic heterocycles. The van der Waals surface area contributed by atoms with Gasteiger partial charge in [-0.2, -0.15) is 0 Å². The molecule has 1 saturated carbocycles. The summed E-state index contributed by atoms with van der Waals surface area (Å²) >= 11 is 0. The number of carbonyl (C=O) groups is 1. The molecule has 0 bridgehead atoms. The standard InChI is InChI=1S/C18H22N2O3/c1-14-11-16(23-19-14)17(21)20(12-15-7-3-2-4-8-15)13-18(22)9-5-6-10-18/h2-4,7-8,11,22H,5-6,9-10,12-13H2,1H3. The molecule has 1 aliphatic rings. The molecule has 2 aromatic rings. The summed E-state index contributed by atoms with van der Waals surface area (Å²) in [4.78, 5) is 14.4. The number of nitrogens with zero attached hydrogens (tertiary/aromatic N) is 2. The van der Waals surface area contributed by atoms with Crippen LogP contribution in [0.4, 0.5) is 0 Å². The first-order chi connectivity index (χ1) is 11.1. The fourth-order valence-corrected chi connectivity index (χ4v) is 3.17. The topological polar surface area (TPSA) is 66.6 Å². The van der Waals surface area contributed by atoms with Gasteiger partial charge in [-0.15, -0.1) is 0 Å². The number of amides is 1. The van der Waals surface area contributed by atoms with Gasteiger partial charge in [-0.3, -0.25) is 4.79 Å². The summed E-state index contributed by atoms with van der Waals surface area (Å²) in [5.41, 5.74) is 0.908. The fourth-order valence-electron chi connectivity index (χ4n) is 3.17. The van der Waals surface area contributed by atoms with E-state index >= 15 is 0 Å². The number of aromatic nitrogens is 1. The lowest BCUT2D eigenvalue weighted by molar-refractivity contribution is 0.00646. The molecule has 122 valence electrons. The van der Waals surface area contributed by atoms with Crippen molar-refractivity contribution in [2.75, 3.05) is 6.54 Å². The van der Waals surface area contributed by atoms with Crippen LogP contribution in [0.5, 0.6) is 0 Å². The van der Waals surface area contributed by atoms with Crippen molar-refractivity contribution in [3.8, 4) is 0 Å². The number of aliphatic hydroxyl groups is 1. The summed E-state index contributed by atoms with van der Waals surface area (Å²) < 4.78 is 5.12. The van der Waals surface area contributed by atoms with Crippen molar-refractivity contribution >= 4 is 5.91 Å². The molecule has 23 heavy (non-hydrogen) atoms. The first kappa shape index (κ1) is 15.7. The molecule has 1 amide bonds. The molecule has 0 saturated heterocycles. The predicted octanol–water partition coefficient (Wildman–Crippen LogP) is 2.93. The Morgan fingerprint density at radius 2 is 2.00 bits per heavy atom. The van der Waals surface area contributed by atoms with Crippen LogP contribution in [0.1, 0.15) is 47.5 Å². The normalized spacial score (nSPS) is 16.4. The van der Waals surface area contributed by atoms with Crippen LogP contribution in [0, 0.1) is 6.92 Å². The summed E-state index contributed by atoms with van der Waals surface area (Å²) in [6.45, 7) is 2.55. The number of benzene rings is 1. The first-order valence-electron chi connectivity index (χ1n) is 8.05. The molecule has 5 nitrogen and oxygen atoms in total. The highest BCUT2D eigenvalue weighted by Gasteiger charge is 2.35. The fraction of sp³-hybridized carbons (Fsp3) is 0.444. The van der Waals surface area contributed by atoms with E-state index in [1.165, 1.54) is 0 Å². The van der Waals surface area contributed by atoms with Gasteiger partial charge in [0.2, 0.25) is 5.76 Å². The van der Waals surface area contributed by atoms with Crippen molar-refractivity contribution in [1.82, 2.24) is 10.1 Å². The zero-order chi connectivity index (χ0) is 16.3. The van der Waals surface area contributed by atoms with Crippen LogP contribution in [0.2, 0.25) is 0 Å². The molecule has 3 rings (SSSR count). The first-order valence-corrected chi connectivity index (χ1v) is 8.05. The van der Waals surface area contributed by atoms with E-state index in [0.29, 0.717) is 18.8 Å². The van der Waals surface area contributed by atoms with E-state index < -0.39 is 5.60 Å². The van der Waals surface area contributed by atoms with Gasteiger partial charge < -0.3 is 14.5 Å². The number of rotatable bonds is 5. The Morgan fingerprint density at radius 1 is 1.30 bits per heavy atom. The molecule has 1 N–H and O–H groups in total. The Kier molecular flexibility index (Phi) is 4.48. The van der Waals surface area contributed by atoms with Crippen molar-refractivity contribution in [3.63, 3.8) is 0 Å². The van der Waals surface area contributed by atoms with E-state index in [0.717, 1.165) is 31.2 Å². The number of hydrogen-bond donors (Lipinski definition) is 1. The Hall–Kier alpha value is -2.14. The highest BCUT2D eigenvalue weighted by atomic mass is 16.5. The Bertz CT molecular complexity index is 660. The quantitative estimate of drug-likeness (QED) is 0.921. The summed E-state index contributed by atoms with van der Waals surface area (Å²) in [5, 5.41) is 14.5. The lowest BCUT2D eigenvalue weighted by Crippen LogP contribution is -2.43. The van der Waals surface area contributed by atoms with Gasteiger partial charge in [0.15, 0.2) is 0 Å². The monoisotopic (exact) mass is 314 g/mol. The largest absolute Gasteiger partial charge is 0.388 e. The zero-order valence-electron chi connectivity index (χ0n) is 13.4. The second kappa shape index (κ2) is 6.54. The number of aryl methyl sites for hydroxylation is 1. The zero-order valence-corrected chi connectivity index (χ0v) is 13.4. The van der Waals surface area contributed by atoms with Crippen LogP contribution in [0.25, 0.3) is 0 Å². The molecular weight excluding hydrogens is 292 g/mol. The summed E-state index contributed by atoms with van der Waals surface area (Å²) in [7, 11) is 0. The van der Waals surface area contributed by atoms with Gasteiger partial charge in [0, 0.05) is 12.6 Å². The molecule has 1 aromatic carbocycles. The van der Waals surface area contributed by atoms with Crippen molar-refractivity contribution in [2.45, 2.75) is 44.8 Å². The van der Waals surface area contributed by atoms with E-state index in [9.17, 15) is 9.90 Å². The van der Waals surface area contributed by atoms with Gasteiger partial charge in [0.25, 0.3) is 5.91 Å². The van der Waals surface area contributed by atoms with Gasteiger partial charge in [-0.25, -0.2) is 0 Å². The van der Waals surface area contributed by atoms with Crippen molar-refractivity contribution in [2.24, 2.45) is 0 Å². The summed E-state index contributed by atoms with van der Waals surface area (Å²) in [6, 6.07) is 11.4. The maximum Gasteiger partial charge on any atom is 0.292 e. The molecule has 0 radical (unpaired) electrons. The number of carbonyl (C=O) groups excluding carboxylic acids is 1. The minimum atomic E-state index is -0.792. The molecule has 0 atom stereocenters. The third-order valence-electron chi connectivity index (χ3n) is 4.36. The average Bonchev–Trinajstić information content (AvgIpc) is 3.16. The maximum absolute atomic E-state index is 12.8. The SMILES string of the molecule is Cc1cc(C(=O)N(Cc2ccccc2)CC2(O)CCCC2)on1. The van der Waals surface area contributed by atoms with E-state index in [2.05, 4.69) is 5.16 Å². The van der Waals surface area contributed by atoms with Crippen LogP contribution < -0.4 is 0 Å². The van der Waals surface area contributed by atoms with Crippen molar-refractivity contribution in [1.29, 1.82) is 0 Å². The third-order valence-corrected chi connectivity index (χ3v) is 4.36. The second-order valence-electron chi connectivity index (χ2n) is 6.41. The van der Waals surface area contributed by atoms with Crippen LogP contribution in [0.15, 0.2) is 40.9 Å². The maximum atomic E-state index is 12.8. The van der Waals surface area contributed by atoms with Crippen LogP contribution in [-0.2, 0) is 6.54 Å². The lowest BCUT2D eigenvalue weighted by atomic mass is 10.0. The third kappa shape index (κ3) is 3.79. The molecule has 1 fully saturated rings. The minimum Gasteiger partial charge on any atom is -0.388 e. The highest BCUT2D eigenvalue weighted by molar-refractivity contribution is 5.91. The van der Waals surface area contributed by atoms with Crippen LogP contribution in [-0.4, -0.2) is 33.2 Å². The van der Waals surface area contributed by atoms with E-state index in [1.54, 1.807) is 17.9 Å². The van der Waals surface area contributed by atoms with E-state index in [-0.39, 0.29) is 11.7 Å². The molecule has 1 heterocycles. The molecule has 1 aromatic heterocycles. The lowest BCUT2D eigenvalue weighted by Gasteiger charge is -2.31. The van der Waals surface area contributed by atoms with Gasteiger partial charge in [-0.05, 0) is 25.3 Å². The molecule has 0 spiro atoms. The van der Waals surface area contributed by atoms with Gasteiger partial charge in [-0.1, -0.05) is 48.3 Å². The molecule has 1 aliphatic carbocycles. The summed E-state index contributed by atoms with van der Waals surface area (Å²) in [5.74, 6) is -0.00481. The Labute approximate surface area is 135 Å². The van der Waals surface area contributed by atoms with Gasteiger partial charge in [0.1, 0.15) is 0 Å². The van der Waals surface area contributed by atoms with Crippen molar-refractivity contribution < 1.29 is 14.4 Å². The van der Waals surface area contributed by atoms with E-state index in [1.807, 2.05) is 30.3 Å². The summed E-state index contributed by atoms with van der Waals surface area (Å²) in [6.07, 6.45) is 3.48. The molecule has 0 unspecified atom stereocenters. The minimum absolute atomic E-state index is 0.222. The van der Waals surface area contributed by atoms with E-state index in [4.69, 9.17) is 4.52 Å². The van der Waals surface area contributed by atoms with Crippen LogP contribution in [0.3, 0.4) is 0 Å². The van der Waals surface area contributed by atoms with Gasteiger partial charge in [0.05, 0.1) is 17.8 Å². The molecular formula is C18H22N2O3. The number of hydrogen-bond acceptors (Lipinski definition) is 4.